The lowest BCUT2D eigenvalue weighted by atomic mass is 9.86. The standard InChI is InChI=1S/C20H25ClN4O/c1-23-10-8-20(7-5-19(23)26)14-25(12-11-24(20)2)18-6-9-22-17-4-3-15(21)13-16(17)18/h3-4,6,9,13H,5,7-8,10-12,14H2,1-2H3. The highest BCUT2D eigenvalue weighted by Gasteiger charge is 2.42. The summed E-state index contributed by atoms with van der Waals surface area (Å²) in [5.41, 5.74) is 2.19. The van der Waals surface area contributed by atoms with E-state index >= 15 is 0 Å². The van der Waals surface area contributed by atoms with E-state index in [1.165, 1.54) is 5.69 Å². The van der Waals surface area contributed by atoms with Crippen molar-refractivity contribution in [2.24, 2.45) is 0 Å². The minimum Gasteiger partial charge on any atom is -0.368 e. The van der Waals surface area contributed by atoms with Crippen molar-refractivity contribution in [3.63, 3.8) is 0 Å². The molecule has 1 aromatic heterocycles. The van der Waals surface area contributed by atoms with Crippen molar-refractivity contribution < 1.29 is 4.79 Å². The SMILES string of the molecule is CN1CCC2(CCC1=O)CN(c1ccnc3ccc(Cl)cc13)CCN2C. The Hall–Kier alpha value is -1.85. The Morgan fingerprint density at radius 1 is 1.12 bits per heavy atom. The lowest BCUT2D eigenvalue weighted by Gasteiger charge is -2.50. The van der Waals surface area contributed by atoms with E-state index in [-0.39, 0.29) is 11.4 Å². The van der Waals surface area contributed by atoms with Gasteiger partial charge in [-0.2, -0.15) is 0 Å². The number of rotatable bonds is 1. The number of benzene rings is 1. The molecule has 0 saturated carbocycles. The number of amides is 1. The molecular formula is C20H25ClN4O. The van der Waals surface area contributed by atoms with Crippen molar-refractivity contribution in [3.05, 3.63) is 35.5 Å². The molecular weight excluding hydrogens is 348 g/mol. The van der Waals surface area contributed by atoms with Crippen LogP contribution in [0.4, 0.5) is 5.69 Å². The summed E-state index contributed by atoms with van der Waals surface area (Å²) >= 11 is 6.25. The fourth-order valence-electron chi connectivity index (χ4n) is 4.34. The van der Waals surface area contributed by atoms with Gasteiger partial charge in [0.1, 0.15) is 0 Å². The third-order valence-electron chi connectivity index (χ3n) is 6.16. The van der Waals surface area contributed by atoms with E-state index in [1.54, 1.807) is 0 Å². The van der Waals surface area contributed by atoms with Crippen LogP contribution in [0.1, 0.15) is 19.3 Å². The summed E-state index contributed by atoms with van der Waals surface area (Å²) in [6.07, 6.45) is 4.41. The van der Waals surface area contributed by atoms with Crippen molar-refractivity contribution in [2.75, 3.05) is 45.2 Å². The highest BCUT2D eigenvalue weighted by Crippen LogP contribution is 2.36. The van der Waals surface area contributed by atoms with Crippen LogP contribution in [-0.4, -0.2) is 66.5 Å². The molecule has 26 heavy (non-hydrogen) atoms. The van der Waals surface area contributed by atoms with E-state index in [0.29, 0.717) is 6.42 Å². The predicted octanol–water partition coefficient (Wildman–Crippen LogP) is 3.02. The molecule has 1 atom stereocenters. The van der Waals surface area contributed by atoms with Gasteiger partial charge in [-0.25, -0.2) is 0 Å². The lowest BCUT2D eigenvalue weighted by Crippen LogP contribution is -2.61. The predicted molar refractivity (Wildman–Crippen MR) is 106 cm³/mol. The number of halogens is 1. The van der Waals surface area contributed by atoms with Gasteiger partial charge >= 0.3 is 0 Å². The molecule has 3 heterocycles. The first kappa shape index (κ1) is 17.6. The monoisotopic (exact) mass is 372 g/mol. The van der Waals surface area contributed by atoms with Crippen LogP contribution in [0.15, 0.2) is 30.5 Å². The summed E-state index contributed by atoms with van der Waals surface area (Å²) in [4.78, 5) is 23.5. The van der Waals surface area contributed by atoms with Crippen LogP contribution in [-0.2, 0) is 4.79 Å². The molecule has 2 aliphatic rings. The average Bonchev–Trinajstić information content (AvgIpc) is 2.78. The number of nitrogens with zero attached hydrogens (tertiary/aromatic N) is 4. The van der Waals surface area contributed by atoms with Crippen LogP contribution >= 0.6 is 11.6 Å². The van der Waals surface area contributed by atoms with E-state index in [0.717, 1.165) is 54.9 Å². The largest absolute Gasteiger partial charge is 0.368 e. The van der Waals surface area contributed by atoms with Gasteiger partial charge in [-0.15, -0.1) is 0 Å². The lowest BCUT2D eigenvalue weighted by molar-refractivity contribution is -0.129. The van der Waals surface area contributed by atoms with Crippen LogP contribution in [0, 0.1) is 0 Å². The average molecular weight is 373 g/mol. The maximum absolute atomic E-state index is 12.2. The molecule has 1 spiro atoms. The third-order valence-corrected chi connectivity index (χ3v) is 6.40. The van der Waals surface area contributed by atoms with Gasteiger partial charge < -0.3 is 9.80 Å². The van der Waals surface area contributed by atoms with E-state index in [1.807, 2.05) is 36.3 Å². The van der Waals surface area contributed by atoms with E-state index in [9.17, 15) is 4.79 Å². The summed E-state index contributed by atoms with van der Waals surface area (Å²) in [5, 5.41) is 1.83. The van der Waals surface area contributed by atoms with Crippen molar-refractivity contribution >= 4 is 34.1 Å². The van der Waals surface area contributed by atoms with Gasteiger partial charge in [0.05, 0.1) is 5.52 Å². The van der Waals surface area contributed by atoms with Crippen molar-refractivity contribution in [1.82, 2.24) is 14.8 Å². The Balaban J connectivity index is 1.69. The number of hydrogen-bond acceptors (Lipinski definition) is 4. The zero-order chi connectivity index (χ0) is 18.3. The van der Waals surface area contributed by atoms with Gasteiger partial charge in [-0.05, 0) is 44.2 Å². The Bertz CT molecular complexity index is 842. The molecule has 1 amide bonds. The van der Waals surface area contributed by atoms with Crippen molar-refractivity contribution in [1.29, 1.82) is 0 Å². The molecule has 0 aliphatic carbocycles. The molecule has 0 radical (unpaired) electrons. The normalized spacial score (nSPS) is 25.1. The maximum atomic E-state index is 12.2. The number of fused-ring (bicyclic) bond motifs is 1. The number of carbonyl (C=O) groups is 1. The second kappa shape index (κ2) is 6.71. The molecule has 0 N–H and O–H groups in total. The third kappa shape index (κ3) is 3.03. The van der Waals surface area contributed by atoms with Crippen molar-refractivity contribution in [2.45, 2.75) is 24.8 Å². The quantitative estimate of drug-likeness (QED) is 0.771. The Labute approximate surface area is 159 Å². The summed E-state index contributed by atoms with van der Waals surface area (Å²) < 4.78 is 0. The molecule has 2 aliphatic heterocycles. The van der Waals surface area contributed by atoms with Crippen LogP contribution in [0.2, 0.25) is 5.02 Å². The molecule has 1 aromatic carbocycles. The van der Waals surface area contributed by atoms with Gasteiger partial charge in [0.25, 0.3) is 0 Å². The molecule has 2 fully saturated rings. The number of hydrogen-bond donors (Lipinski definition) is 0. The first-order chi connectivity index (χ1) is 12.5. The van der Waals surface area contributed by atoms with Gasteiger partial charge in [-0.3, -0.25) is 14.7 Å². The molecule has 138 valence electrons. The van der Waals surface area contributed by atoms with Gasteiger partial charge in [-0.1, -0.05) is 11.6 Å². The second-order valence-electron chi connectivity index (χ2n) is 7.62. The summed E-state index contributed by atoms with van der Waals surface area (Å²) in [6.45, 7) is 3.70. The van der Waals surface area contributed by atoms with E-state index < -0.39 is 0 Å². The fraction of sp³-hybridized carbons (Fsp3) is 0.500. The molecule has 1 unspecified atom stereocenters. The van der Waals surface area contributed by atoms with E-state index in [4.69, 9.17) is 11.6 Å². The first-order valence-corrected chi connectivity index (χ1v) is 9.61. The number of carbonyl (C=O) groups excluding carboxylic acids is 1. The number of piperazine rings is 1. The Kier molecular flexibility index (Phi) is 4.53. The highest BCUT2D eigenvalue weighted by molar-refractivity contribution is 6.31. The molecule has 2 aromatic rings. The number of anilines is 1. The van der Waals surface area contributed by atoms with Gasteiger partial charge in [0.2, 0.25) is 5.91 Å². The Morgan fingerprint density at radius 3 is 2.81 bits per heavy atom. The number of likely N-dealkylation sites (tertiary alicyclic amines) is 1. The maximum Gasteiger partial charge on any atom is 0.222 e. The minimum atomic E-state index is 0.0346. The Morgan fingerprint density at radius 2 is 1.96 bits per heavy atom. The molecule has 0 bridgehead atoms. The number of aromatic nitrogens is 1. The van der Waals surface area contributed by atoms with Crippen LogP contribution in [0.5, 0.6) is 0 Å². The van der Waals surface area contributed by atoms with Crippen LogP contribution in [0.25, 0.3) is 10.9 Å². The molecule has 6 heteroatoms. The van der Waals surface area contributed by atoms with E-state index in [2.05, 4.69) is 27.9 Å². The fourth-order valence-corrected chi connectivity index (χ4v) is 4.52. The van der Waals surface area contributed by atoms with Gasteiger partial charge in [0.15, 0.2) is 0 Å². The highest BCUT2D eigenvalue weighted by atomic mass is 35.5. The number of pyridine rings is 1. The topological polar surface area (TPSA) is 39.7 Å². The summed E-state index contributed by atoms with van der Waals surface area (Å²) in [7, 11) is 4.12. The zero-order valence-corrected chi connectivity index (χ0v) is 16.2. The first-order valence-electron chi connectivity index (χ1n) is 9.23. The second-order valence-corrected chi connectivity index (χ2v) is 8.06. The summed E-state index contributed by atoms with van der Waals surface area (Å²) in [6, 6.07) is 7.96. The van der Waals surface area contributed by atoms with Crippen molar-refractivity contribution in [3.8, 4) is 0 Å². The smallest absolute Gasteiger partial charge is 0.222 e. The molecule has 5 nitrogen and oxygen atoms in total. The van der Waals surface area contributed by atoms with Crippen LogP contribution in [0.3, 0.4) is 0 Å². The zero-order valence-electron chi connectivity index (χ0n) is 15.4. The number of likely N-dealkylation sites (N-methyl/N-ethyl adjacent to an activating group) is 1. The minimum absolute atomic E-state index is 0.0346. The molecule has 4 rings (SSSR count). The van der Waals surface area contributed by atoms with Crippen LogP contribution < -0.4 is 4.90 Å². The summed E-state index contributed by atoms with van der Waals surface area (Å²) in [5.74, 6) is 0.258. The molecule has 2 saturated heterocycles. The van der Waals surface area contributed by atoms with Gasteiger partial charge in [0, 0.05) is 67.5 Å².